The third kappa shape index (κ3) is 5.98. The molecule has 7 nitrogen and oxygen atoms in total. The van der Waals surface area contributed by atoms with Crippen molar-refractivity contribution in [2.24, 2.45) is 5.10 Å². The van der Waals surface area contributed by atoms with Crippen molar-refractivity contribution in [2.45, 2.75) is 32.6 Å². The second-order valence-electron chi connectivity index (χ2n) is 7.29. The molecule has 176 valence electrons. The number of hydrogen-bond acceptors (Lipinski definition) is 7. The number of hydrogen-bond donors (Lipinski definition) is 1. The molecule has 3 rings (SSSR count). The first kappa shape index (κ1) is 24.9. The van der Waals surface area contributed by atoms with Gasteiger partial charge in [-0.2, -0.15) is 9.41 Å². The largest absolute Gasteiger partial charge is 0.372 e. The highest BCUT2D eigenvalue weighted by Crippen LogP contribution is 2.27. The summed E-state index contributed by atoms with van der Waals surface area (Å²) in [6.45, 7) is 10.8. The maximum atomic E-state index is 12.8. The Morgan fingerprint density at radius 1 is 1.00 bits per heavy atom. The van der Waals surface area contributed by atoms with Crippen LogP contribution in [-0.2, 0) is 10.0 Å². The van der Waals surface area contributed by atoms with E-state index in [9.17, 15) is 8.42 Å². The van der Waals surface area contributed by atoms with Gasteiger partial charge in [0.2, 0.25) is 15.2 Å². The summed E-state index contributed by atoms with van der Waals surface area (Å²) in [7, 11) is -3.52. The number of hydrazone groups is 1. The van der Waals surface area contributed by atoms with Crippen molar-refractivity contribution < 1.29 is 8.42 Å². The van der Waals surface area contributed by atoms with Crippen molar-refractivity contribution in [2.75, 3.05) is 36.5 Å². The number of benzene rings is 2. The van der Waals surface area contributed by atoms with E-state index in [0.29, 0.717) is 23.9 Å². The molecule has 0 aliphatic rings. The number of sulfonamides is 1. The number of aromatic nitrogens is 1. The number of nitrogens with one attached hydrogen (secondary N) is 1. The number of nitrogens with zero attached hydrogens (tertiary/aromatic N) is 4. The molecule has 0 spiro atoms. The van der Waals surface area contributed by atoms with Crippen LogP contribution in [0.5, 0.6) is 0 Å². The van der Waals surface area contributed by atoms with Gasteiger partial charge in [0, 0.05) is 42.8 Å². The molecule has 0 atom stereocenters. The Labute approximate surface area is 200 Å². The van der Waals surface area contributed by atoms with Gasteiger partial charge in [0.05, 0.1) is 16.8 Å². The monoisotopic (exact) mass is 485 g/mol. The van der Waals surface area contributed by atoms with E-state index in [1.165, 1.54) is 21.3 Å². The molecule has 33 heavy (non-hydrogen) atoms. The Kier molecular flexibility index (Phi) is 8.60. The maximum absolute atomic E-state index is 12.8. The molecule has 0 bridgehead atoms. The van der Waals surface area contributed by atoms with Crippen LogP contribution in [0.3, 0.4) is 0 Å². The van der Waals surface area contributed by atoms with E-state index in [4.69, 9.17) is 0 Å². The smallest absolute Gasteiger partial charge is 0.243 e. The molecular formula is C24H31N5O2S2. The molecular weight excluding hydrogens is 454 g/mol. The molecule has 0 saturated carbocycles. The molecule has 1 N–H and O–H groups in total. The first-order valence-corrected chi connectivity index (χ1v) is 13.4. The summed E-state index contributed by atoms with van der Waals surface area (Å²) >= 11 is 1.42. The normalized spacial score (nSPS) is 11.9. The van der Waals surface area contributed by atoms with Gasteiger partial charge in [0.1, 0.15) is 0 Å². The molecule has 9 heteroatoms. The Hall–Kier alpha value is -2.75. The van der Waals surface area contributed by atoms with Crippen LogP contribution in [0.2, 0.25) is 0 Å². The third-order valence-electron chi connectivity index (χ3n) is 5.37. The van der Waals surface area contributed by atoms with Gasteiger partial charge in [-0.15, -0.1) is 11.3 Å². The number of rotatable bonds is 11. The predicted octanol–water partition coefficient (Wildman–Crippen LogP) is 5.13. The van der Waals surface area contributed by atoms with Crippen LogP contribution in [0, 0.1) is 0 Å². The van der Waals surface area contributed by atoms with Crippen molar-refractivity contribution in [1.29, 1.82) is 0 Å². The summed E-state index contributed by atoms with van der Waals surface area (Å²) in [5, 5.41) is 6.82. The van der Waals surface area contributed by atoms with Crippen LogP contribution < -0.4 is 10.3 Å². The van der Waals surface area contributed by atoms with Crippen LogP contribution in [-0.4, -0.2) is 50.1 Å². The first-order chi connectivity index (χ1) is 15.9. The number of anilines is 2. The van der Waals surface area contributed by atoms with E-state index in [0.717, 1.165) is 24.2 Å². The Balaban J connectivity index is 1.69. The van der Waals surface area contributed by atoms with Crippen molar-refractivity contribution >= 4 is 38.4 Å². The molecule has 2 aromatic carbocycles. The molecule has 3 aromatic rings. The van der Waals surface area contributed by atoms with Gasteiger partial charge >= 0.3 is 0 Å². The van der Waals surface area contributed by atoms with Crippen molar-refractivity contribution in [3.63, 3.8) is 0 Å². The first-order valence-electron chi connectivity index (χ1n) is 11.1. The minimum atomic E-state index is -3.52. The highest BCUT2D eigenvalue weighted by Gasteiger charge is 2.22. The zero-order chi connectivity index (χ0) is 23.8. The summed E-state index contributed by atoms with van der Waals surface area (Å²) in [5.74, 6) is 0. The third-order valence-corrected chi connectivity index (χ3v) is 8.17. The van der Waals surface area contributed by atoms with Crippen molar-refractivity contribution in [3.8, 4) is 11.3 Å². The van der Waals surface area contributed by atoms with Crippen LogP contribution in [0.4, 0.5) is 10.8 Å². The van der Waals surface area contributed by atoms with E-state index in [2.05, 4.69) is 46.4 Å². The second kappa shape index (κ2) is 11.4. The highest BCUT2D eigenvalue weighted by atomic mass is 32.2. The fourth-order valence-corrected chi connectivity index (χ4v) is 5.68. The van der Waals surface area contributed by atoms with E-state index in [1.807, 2.05) is 37.4 Å². The van der Waals surface area contributed by atoms with Gasteiger partial charge in [-0.3, -0.25) is 5.43 Å². The van der Waals surface area contributed by atoms with Gasteiger partial charge < -0.3 is 4.90 Å². The van der Waals surface area contributed by atoms with Crippen molar-refractivity contribution in [1.82, 2.24) is 9.29 Å². The average molecular weight is 486 g/mol. The van der Waals surface area contributed by atoms with Crippen LogP contribution in [0.15, 0.2) is 63.9 Å². The maximum Gasteiger partial charge on any atom is 0.243 e. The predicted molar refractivity (Wildman–Crippen MR) is 139 cm³/mol. The summed E-state index contributed by atoms with van der Waals surface area (Å²) in [5.41, 5.74) is 6.61. The van der Waals surface area contributed by atoms with Crippen LogP contribution >= 0.6 is 11.3 Å². The van der Waals surface area contributed by atoms with E-state index in [1.54, 1.807) is 24.4 Å². The molecule has 0 fully saturated rings. The summed E-state index contributed by atoms with van der Waals surface area (Å²) in [6.07, 6.45) is 1.75. The molecule has 0 aliphatic carbocycles. The second-order valence-corrected chi connectivity index (χ2v) is 10.1. The lowest BCUT2D eigenvalue weighted by Crippen LogP contribution is -2.30. The standard InChI is InChI=1S/C24H31N5O2S2/c1-5-28(6-2)21-14-12-19(13-15-21)17-25-27-24-26-23(18-32-24)20-10-9-11-22(16-20)33(30,31)29(7-3)8-4/h9-18H,5-8H2,1-4H3,(H,26,27). The fourth-order valence-electron chi connectivity index (χ4n) is 3.51. The van der Waals surface area contributed by atoms with Gasteiger partial charge in [-0.1, -0.05) is 38.1 Å². The molecule has 0 unspecified atom stereocenters. The lowest BCUT2D eigenvalue weighted by atomic mass is 10.2. The van der Waals surface area contributed by atoms with Crippen LogP contribution in [0.1, 0.15) is 33.3 Å². The van der Waals surface area contributed by atoms with E-state index < -0.39 is 10.0 Å². The summed E-state index contributed by atoms with van der Waals surface area (Å²) in [6, 6.07) is 15.2. The minimum absolute atomic E-state index is 0.275. The Morgan fingerprint density at radius 2 is 1.70 bits per heavy atom. The van der Waals surface area contributed by atoms with Crippen molar-refractivity contribution in [3.05, 3.63) is 59.5 Å². The van der Waals surface area contributed by atoms with E-state index >= 15 is 0 Å². The SMILES string of the molecule is CCN(CC)c1ccc(C=NNc2nc(-c3cccc(S(=O)(=O)N(CC)CC)c3)cs2)cc1. The molecule has 0 radical (unpaired) electrons. The molecule has 1 aromatic heterocycles. The molecule has 1 heterocycles. The van der Waals surface area contributed by atoms with Gasteiger partial charge in [0.15, 0.2) is 0 Å². The Bertz CT molecular complexity index is 1170. The quantitative estimate of drug-likeness (QED) is 0.301. The molecule has 0 amide bonds. The lowest BCUT2D eigenvalue weighted by Gasteiger charge is -2.20. The molecule has 0 saturated heterocycles. The van der Waals surface area contributed by atoms with Gasteiger partial charge in [0.25, 0.3) is 0 Å². The summed E-state index contributed by atoms with van der Waals surface area (Å²) in [4.78, 5) is 7.12. The highest BCUT2D eigenvalue weighted by molar-refractivity contribution is 7.89. The fraction of sp³-hybridized carbons (Fsp3) is 0.333. The zero-order valence-corrected chi connectivity index (χ0v) is 21.2. The Morgan fingerprint density at radius 3 is 2.33 bits per heavy atom. The summed E-state index contributed by atoms with van der Waals surface area (Å²) < 4.78 is 27.1. The minimum Gasteiger partial charge on any atom is -0.372 e. The lowest BCUT2D eigenvalue weighted by molar-refractivity contribution is 0.445. The number of thiazole rings is 1. The van der Waals surface area contributed by atoms with Crippen LogP contribution in [0.25, 0.3) is 11.3 Å². The van der Waals surface area contributed by atoms with Gasteiger partial charge in [-0.25, -0.2) is 13.4 Å². The topological polar surface area (TPSA) is 77.9 Å². The van der Waals surface area contributed by atoms with E-state index in [-0.39, 0.29) is 4.90 Å². The average Bonchev–Trinajstić information content (AvgIpc) is 3.30. The van der Waals surface area contributed by atoms with Gasteiger partial charge in [-0.05, 0) is 43.7 Å². The molecule has 0 aliphatic heterocycles. The zero-order valence-electron chi connectivity index (χ0n) is 19.5.